The molecule has 0 atom stereocenters. The molecule has 17 heavy (non-hydrogen) atoms. The number of rotatable bonds is 3. The first kappa shape index (κ1) is 13.7. The summed E-state index contributed by atoms with van der Waals surface area (Å²) in [4.78, 5) is 14.9. The highest BCUT2D eigenvalue weighted by Crippen LogP contribution is 2.22. The molecule has 92 valence electrons. The number of nitrogens with zero attached hydrogens (tertiary/aromatic N) is 1. The molecule has 1 aromatic heterocycles. The summed E-state index contributed by atoms with van der Waals surface area (Å²) >= 11 is 1.36. The van der Waals surface area contributed by atoms with Crippen LogP contribution in [0, 0.1) is 18.8 Å². The number of nitrogens with two attached hydrogens (primary N) is 1. The smallest absolute Gasteiger partial charge is 0.263 e. The molecule has 0 aromatic carbocycles. The maximum Gasteiger partial charge on any atom is 0.263 e. The van der Waals surface area contributed by atoms with E-state index < -0.39 is 0 Å². The highest BCUT2D eigenvalue weighted by atomic mass is 32.1. The Morgan fingerprint density at radius 3 is 2.94 bits per heavy atom. The monoisotopic (exact) mass is 252 g/mol. The molecule has 0 unspecified atom stereocenters. The molecule has 0 fully saturated rings. The second-order valence-electron chi connectivity index (χ2n) is 3.58. The van der Waals surface area contributed by atoms with Crippen LogP contribution in [0.15, 0.2) is 6.07 Å². The molecule has 0 aliphatic carbocycles. The van der Waals surface area contributed by atoms with E-state index >= 15 is 0 Å². The third-order valence-electron chi connectivity index (χ3n) is 2.21. The van der Waals surface area contributed by atoms with Gasteiger partial charge in [-0.05, 0) is 18.6 Å². The van der Waals surface area contributed by atoms with Crippen molar-refractivity contribution in [3.8, 4) is 11.8 Å². The van der Waals surface area contributed by atoms with E-state index in [9.17, 15) is 4.79 Å². The van der Waals surface area contributed by atoms with Crippen LogP contribution in [0.1, 0.15) is 20.1 Å². The number of hydrogen-bond donors (Lipinski definition) is 2. The molecular formula is C12H16N2O2S. The zero-order valence-electron chi connectivity index (χ0n) is 9.99. The fourth-order valence-corrected chi connectivity index (χ4v) is 2.32. The molecule has 0 saturated heterocycles. The number of amides is 1. The summed E-state index contributed by atoms with van der Waals surface area (Å²) in [5.74, 6) is 5.63. The summed E-state index contributed by atoms with van der Waals surface area (Å²) in [5, 5.41) is 8.78. The molecule has 0 saturated carbocycles. The Morgan fingerprint density at radius 1 is 1.65 bits per heavy atom. The summed E-state index contributed by atoms with van der Waals surface area (Å²) in [6, 6.07) is 1.82. The number of carbonyl (C=O) groups is 1. The van der Waals surface area contributed by atoms with Gasteiger partial charge in [0.25, 0.3) is 5.91 Å². The van der Waals surface area contributed by atoms with Crippen LogP contribution < -0.4 is 5.73 Å². The zero-order chi connectivity index (χ0) is 12.8. The van der Waals surface area contributed by atoms with Crippen LogP contribution in [-0.2, 0) is 0 Å². The van der Waals surface area contributed by atoms with E-state index in [0.717, 1.165) is 10.4 Å². The molecule has 1 amide bonds. The molecule has 5 heteroatoms. The number of aryl methyl sites for hydroxylation is 1. The predicted molar refractivity (Wildman–Crippen MR) is 69.0 cm³/mol. The SMILES string of the molecule is Cc1cc(C(=O)N(C)CCO)sc1C#CCN. The molecule has 1 heterocycles. The number of carbonyl (C=O) groups excluding carboxylic acids is 1. The first-order valence-electron chi connectivity index (χ1n) is 5.25. The number of likely N-dealkylation sites (N-methyl/N-ethyl adjacent to an activating group) is 1. The minimum absolute atomic E-state index is 0.0353. The maximum absolute atomic E-state index is 11.9. The maximum atomic E-state index is 11.9. The van der Waals surface area contributed by atoms with Gasteiger partial charge in [0, 0.05) is 13.6 Å². The Hall–Kier alpha value is -1.35. The quantitative estimate of drug-likeness (QED) is 0.767. The molecule has 0 aliphatic rings. The first-order chi connectivity index (χ1) is 8.10. The van der Waals surface area contributed by atoms with Gasteiger partial charge in [0.2, 0.25) is 0 Å². The summed E-state index contributed by atoms with van der Waals surface area (Å²) in [5.41, 5.74) is 6.29. The van der Waals surface area contributed by atoms with E-state index in [2.05, 4.69) is 11.8 Å². The van der Waals surface area contributed by atoms with E-state index in [1.165, 1.54) is 16.2 Å². The van der Waals surface area contributed by atoms with Gasteiger partial charge >= 0.3 is 0 Å². The lowest BCUT2D eigenvalue weighted by Crippen LogP contribution is -2.28. The highest BCUT2D eigenvalue weighted by molar-refractivity contribution is 7.14. The van der Waals surface area contributed by atoms with E-state index in [1.54, 1.807) is 7.05 Å². The van der Waals surface area contributed by atoms with E-state index in [-0.39, 0.29) is 12.5 Å². The molecular weight excluding hydrogens is 236 g/mol. The molecule has 0 radical (unpaired) electrons. The average molecular weight is 252 g/mol. The normalized spacial score (nSPS) is 9.65. The third kappa shape index (κ3) is 3.56. The van der Waals surface area contributed by atoms with Gasteiger partial charge in [0.05, 0.1) is 22.9 Å². The van der Waals surface area contributed by atoms with Crippen molar-refractivity contribution in [2.75, 3.05) is 26.7 Å². The molecule has 3 N–H and O–H groups in total. The van der Waals surface area contributed by atoms with Crippen molar-refractivity contribution in [3.05, 3.63) is 21.4 Å². The van der Waals surface area contributed by atoms with Crippen molar-refractivity contribution < 1.29 is 9.90 Å². The predicted octanol–water partition coefficient (Wildman–Crippen LogP) is 0.431. The van der Waals surface area contributed by atoms with Gasteiger partial charge in [-0.15, -0.1) is 11.3 Å². The van der Waals surface area contributed by atoms with Gasteiger partial charge < -0.3 is 15.7 Å². The second kappa shape index (κ2) is 6.40. The fourth-order valence-electron chi connectivity index (χ4n) is 1.28. The van der Waals surface area contributed by atoms with Gasteiger partial charge in [-0.2, -0.15) is 0 Å². The lowest BCUT2D eigenvalue weighted by molar-refractivity contribution is 0.0771. The molecule has 1 aromatic rings. The summed E-state index contributed by atoms with van der Waals surface area (Å²) in [7, 11) is 1.67. The lowest BCUT2D eigenvalue weighted by Gasteiger charge is -2.13. The summed E-state index contributed by atoms with van der Waals surface area (Å²) in [6.07, 6.45) is 0. The topological polar surface area (TPSA) is 66.6 Å². The Morgan fingerprint density at radius 2 is 2.35 bits per heavy atom. The van der Waals surface area contributed by atoms with Crippen molar-refractivity contribution >= 4 is 17.2 Å². The molecule has 4 nitrogen and oxygen atoms in total. The third-order valence-corrected chi connectivity index (χ3v) is 3.36. The first-order valence-corrected chi connectivity index (χ1v) is 6.07. The largest absolute Gasteiger partial charge is 0.395 e. The fraction of sp³-hybridized carbons (Fsp3) is 0.417. The number of thiophene rings is 1. The molecule has 0 spiro atoms. The second-order valence-corrected chi connectivity index (χ2v) is 4.63. The van der Waals surface area contributed by atoms with Crippen LogP contribution in [-0.4, -0.2) is 42.7 Å². The van der Waals surface area contributed by atoms with Crippen LogP contribution in [0.5, 0.6) is 0 Å². The Bertz CT molecular complexity index is 457. The van der Waals surface area contributed by atoms with Crippen molar-refractivity contribution in [1.29, 1.82) is 0 Å². The summed E-state index contributed by atoms with van der Waals surface area (Å²) < 4.78 is 0. The van der Waals surface area contributed by atoms with E-state index in [0.29, 0.717) is 18.0 Å². The van der Waals surface area contributed by atoms with Gasteiger partial charge in [-0.25, -0.2) is 0 Å². The number of hydrogen-bond acceptors (Lipinski definition) is 4. The van der Waals surface area contributed by atoms with Gasteiger partial charge in [-0.1, -0.05) is 11.8 Å². The Kier molecular flexibility index (Phi) is 5.16. The Balaban J connectivity index is 2.89. The van der Waals surface area contributed by atoms with Crippen LogP contribution in [0.3, 0.4) is 0 Å². The van der Waals surface area contributed by atoms with E-state index in [1.807, 2.05) is 13.0 Å². The van der Waals surface area contributed by atoms with Crippen LogP contribution >= 0.6 is 11.3 Å². The zero-order valence-corrected chi connectivity index (χ0v) is 10.8. The van der Waals surface area contributed by atoms with Gasteiger partial charge in [-0.3, -0.25) is 4.79 Å². The Labute approximate surface area is 105 Å². The lowest BCUT2D eigenvalue weighted by atomic mass is 10.2. The molecule has 0 bridgehead atoms. The van der Waals surface area contributed by atoms with Crippen LogP contribution in [0.2, 0.25) is 0 Å². The van der Waals surface area contributed by atoms with Crippen molar-refractivity contribution in [1.82, 2.24) is 4.90 Å². The minimum atomic E-state index is -0.0899. The number of aliphatic hydroxyl groups excluding tert-OH is 1. The molecule has 0 aliphatic heterocycles. The standard InChI is InChI=1S/C12H16N2O2S/c1-9-8-11(12(16)14(2)6-7-15)17-10(9)4-3-5-13/h8,15H,5-7,13H2,1-2H3. The van der Waals surface area contributed by atoms with Crippen molar-refractivity contribution in [2.45, 2.75) is 6.92 Å². The van der Waals surface area contributed by atoms with Gasteiger partial charge in [0.15, 0.2) is 0 Å². The van der Waals surface area contributed by atoms with Crippen LogP contribution in [0.25, 0.3) is 0 Å². The minimum Gasteiger partial charge on any atom is -0.395 e. The van der Waals surface area contributed by atoms with Crippen molar-refractivity contribution in [2.24, 2.45) is 5.73 Å². The summed E-state index contributed by atoms with van der Waals surface area (Å²) in [6.45, 7) is 2.52. The van der Waals surface area contributed by atoms with Gasteiger partial charge in [0.1, 0.15) is 0 Å². The molecule has 1 rings (SSSR count). The number of aliphatic hydroxyl groups is 1. The highest BCUT2D eigenvalue weighted by Gasteiger charge is 2.15. The van der Waals surface area contributed by atoms with E-state index in [4.69, 9.17) is 10.8 Å². The van der Waals surface area contributed by atoms with Crippen molar-refractivity contribution in [3.63, 3.8) is 0 Å². The average Bonchev–Trinajstić information content (AvgIpc) is 2.67. The van der Waals surface area contributed by atoms with Crippen LogP contribution in [0.4, 0.5) is 0 Å².